The van der Waals surface area contributed by atoms with E-state index in [2.05, 4.69) is 5.32 Å². The van der Waals surface area contributed by atoms with E-state index in [4.69, 9.17) is 25.8 Å². The SMILES string of the molecule is CCOc1cc(COc2ccc(Cl)cc2/C=C(/C#N)C(=O)Nc2cccc(C)c2C)ccc1OCc1ccccc1. The maximum Gasteiger partial charge on any atom is 0.266 e. The van der Waals surface area contributed by atoms with Crippen LogP contribution >= 0.6 is 11.6 Å². The molecule has 6 nitrogen and oxygen atoms in total. The van der Waals surface area contributed by atoms with Gasteiger partial charge in [0, 0.05) is 16.3 Å². The molecule has 0 saturated carbocycles. The summed E-state index contributed by atoms with van der Waals surface area (Å²) in [5.41, 5.74) is 4.99. The summed E-state index contributed by atoms with van der Waals surface area (Å²) in [4.78, 5) is 13.0. The molecular formula is C34H31ClN2O4. The van der Waals surface area contributed by atoms with Crippen LogP contribution in [0, 0.1) is 25.2 Å². The average molecular weight is 567 g/mol. The molecule has 4 aromatic carbocycles. The summed E-state index contributed by atoms with van der Waals surface area (Å²) in [6, 6.07) is 28.3. The first kappa shape index (κ1) is 29.3. The topological polar surface area (TPSA) is 80.6 Å². The zero-order chi connectivity index (χ0) is 29.2. The van der Waals surface area contributed by atoms with Gasteiger partial charge < -0.3 is 19.5 Å². The lowest BCUT2D eigenvalue weighted by molar-refractivity contribution is -0.112. The van der Waals surface area contributed by atoms with E-state index in [0.29, 0.717) is 46.7 Å². The van der Waals surface area contributed by atoms with E-state index in [0.717, 1.165) is 22.3 Å². The molecule has 4 aromatic rings. The van der Waals surface area contributed by atoms with Crippen LogP contribution < -0.4 is 19.5 Å². The summed E-state index contributed by atoms with van der Waals surface area (Å²) < 4.78 is 17.9. The van der Waals surface area contributed by atoms with Crippen molar-refractivity contribution in [1.29, 1.82) is 5.26 Å². The number of amides is 1. The van der Waals surface area contributed by atoms with Crippen molar-refractivity contribution in [3.05, 3.63) is 123 Å². The fourth-order valence-corrected chi connectivity index (χ4v) is 4.25. The number of nitrogens with zero attached hydrogens (tertiary/aromatic N) is 1. The van der Waals surface area contributed by atoms with E-state index in [1.54, 1.807) is 24.3 Å². The Balaban J connectivity index is 1.51. The second kappa shape index (κ2) is 14.1. The molecule has 0 aliphatic heterocycles. The zero-order valence-corrected chi connectivity index (χ0v) is 24.0. The monoisotopic (exact) mass is 566 g/mol. The van der Waals surface area contributed by atoms with Crippen molar-refractivity contribution >= 4 is 29.3 Å². The molecule has 0 aliphatic rings. The third-order valence-corrected chi connectivity index (χ3v) is 6.66. The molecule has 0 unspecified atom stereocenters. The summed E-state index contributed by atoms with van der Waals surface area (Å²) in [5.74, 6) is 1.22. The number of hydrogen-bond acceptors (Lipinski definition) is 5. The largest absolute Gasteiger partial charge is 0.490 e. The van der Waals surface area contributed by atoms with Gasteiger partial charge in [-0.05, 0) is 85.5 Å². The van der Waals surface area contributed by atoms with Crippen molar-refractivity contribution in [2.24, 2.45) is 0 Å². The van der Waals surface area contributed by atoms with Crippen molar-refractivity contribution in [2.75, 3.05) is 11.9 Å². The number of anilines is 1. The third-order valence-electron chi connectivity index (χ3n) is 6.43. The van der Waals surface area contributed by atoms with Crippen LogP contribution in [0.4, 0.5) is 5.69 Å². The van der Waals surface area contributed by atoms with Crippen molar-refractivity contribution in [1.82, 2.24) is 0 Å². The number of benzene rings is 4. The summed E-state index contributed by atoms with van der Waals surface area (Å²) in [6.45, 7) is 6.93. The second-order valence-corrected chi connectivity index (χ2v) is 9.77. The Kier molecular flexibility index (Phi) is 10.0. The van der Waals surface area contributed by atoms with Crippen LogP contribution in [-0.4, -0.2) is 12.5 Å². The van der Waals surface area contributed by atoms with E-state index in [1.807, 2.05) is 87.5 Å². The van der Waals surface area contributed by atoms with Gasteiger partial charge in [0.15, 0.2) is 11.5 Å². The normalized spacial score (nSPS) is 11.0. The van der Waals surface area contributed by atoms with E-state index in [1.165, 1.54) is 6.08 Å². The predicted molar refractivity (Wildman–Crippen MR) is 162 cm³/mol. The lowest BCUT2D eigenvalue weighted by Gasteiger charge is -2.15. The van der Waals surface area contributed by atoms with Gasteiger partial charge in [0.2, 0.25) is 0 Å². The Morgan fingerprint density at radius 3 is 2.34 bits per heavy atom. The van der Waals surface area contributed by atoms with Gasteiger partial charge in [0.1, 0.15) is 30.6 Å². The summed E-state index contributed by atoms with van der Waals surface area (Å²) in [7, 11) is 0. The molecular weight excluding hydrogens is 536 g/mol. The standard InChI is InChI=1S/C34H31ClN2O4/c1-4-39-33-17-26(13-15-32(33)41-21-25-10-6-5-7-11-25)22-40-31-16-14-29(35)19-27(31)18-28(20-36)34(38)37-30-12-8-9-23(2)24(30)3/h5-19H,4,21-22H2,1-3H3,(H,37,38)/b28-18-. The van der Waals surface area contributed by atoms with Gasteiger partial charge >= 0.3 is 0 Å². The van der Waals surface area contributed by atoms with Crippen LogP contribution in [0.1, 0.15) is 34.7 Å². The number of nitriles is 1. The van der Waals surface area contributed by atoms with E-state index >= 15 is 0 Å². The van der Waals surface area contributed by atoms with Gasteiger partial charge in [-0.3, -0.25) is 4.79 Å². The minimum Gasteiger partial charge on any atom is -0.490 e. The van der Waals surface area contributed by atoms with Crippen molar-refractivity contribution in [3.63, 3.8) is 0 Å². The summed E-state index contributed by atoms with van der Waals surface area (Å²) in [6.07, 6.45) is 1.48. The van der Waals surface area contributed by atoms with E-state index in [-0.39, 0.29) is 12.2 Å². The molecule has 0 atom stereocenters. The molecule has 0 aliphatic carbocycles. The molecule has 0 saturated heterocycles. The lowest BCUT2D eigenvalue weighted by atomic mass is 10.1. The first-order chi connectivity index (χ1) is 19.9. The van der Waals surface area contributed by atoms with Gasteiger partial charge in [0.05, 0.1) is 6.61 Å². The highest BCUT2D eigenvalue weighted by Gasteiger charge is 2.14. The highest BCUT2D eigenvalue weighted by Crippen LogP contribution is 2.31. The molecule has 4 rings (SSSR count). The van der Waals surface area contributed by atoms with E-state index in [9.17, 15) is 10.1 Å². The molecule has 1 amide bonds. The minimum atomic E-state index is -0.514. The molecule has 0 radical (unpaired) electrons. The summed E-state index contributed by atoms with van der Waals surface area (Å²) in [5, 5.41) is 13.1. The third kappa shape index (κ3) is 7.91. The Bertz CT molecular complexity index is 1590. The first-order valence-corrected chi connectivity index (χ1v) is 13.6. The fraction of sp³-hybridized carbons (Fsp3) is 0.176. The van der Waals surface area contributed by atoms with Crippen LogP contribution in [0.15, 0.2) is 90.5 Å². The molecule has 41 heavy (non-hydrogen) atoms. The highest BCUT2D eigenvalue weighted by atomic mass is 35.5. The number of rotatable bonds is 11. The van der Waals surface area contributed by atoms with Gasteiger partial charge in [-0.2, -0.15) is 5.26 Å². The van der Waals surface area contributed by atoms with Crippen LogP contribution in [0.2, 0.25) is 5.02 Å². The number of halogens is 1. The Morgan fingerprint density at radius 1 is 0.854 bits per heavy atom. The molecule has 208 valence electrons. The van der Waals surface area contributed by atoms with E-state index < -0.39 is 5.91 Å². The van der Waals surface area contributed by atoms with Crippen molar-refractivity contribution in [2.45, 2.75) is 34.0 Å². The van der Waals surface area contributed by atoms with Gasteiger partial charge in [-0.1, -0.05) is 60.1 Å². The molecule has 7 heteroatoms. The fourth-order valence-electron chi connectivity index (χ4n) is 4.07. The van der Waals surface area contributed by atoms with Crippen LogP contribution in [0.25, 0.3) is 6.08 Å². The molecule has 0 bridgehead atoms. The van der Waals surface area contributed by atoms with Crippen molar-refractivity contribution in [3.8, 4) is 23.3 Å². The van der Waals surface area contributed by atoms with Gasteiger partial charge in [-0.25, -0.2) is 0 Å². The number of hydrogen-bond donors (Lipinski definition) is 1. The number of carbonyl (C=O) groups is 1. The van der Waals surface area contributed by atoms with Crippen LogP contribution in [0.3, 0.4) is 0 Å². The number of carbonyl (C=O) groups excluding carboxylic acids is 1. The highest BCUT2D eigenvalue weighted by molar-refractivity contribution is 6.30. The second-order valence-electron chi connectivity index (χ2n) is 9.33. The zero-order valence-electron chi connectivity index (χ0n) is 23.2. The average Bonchev–Trinajstić information content (AvgIpc) is 2.98. The lowest BCUT2D eigenvalue weighted by Crippen LogP contribution is -2.14. The molecule has 0 spiro atoms. The van der Waals surface area contributed by atoms with Crippen molar-refractivity contribution < 1.29 is 19.0 Å². The van der Waals surface area contributed by atoms with Gasteiger partial charge in [-0.15, -0.1) is 0 Å². The molecule has 1 N–H and O–H groups in total. The number of ether oxygens (including phenoxy) is 3. The summed E-state index contributed by atoms with van der Waals surface area (Å²) >= 11 is 6.26. The Morgan fingerprint density at radius 2 is 1.59 bits per heavy atom. The van der Waals surface area contributed by atoms with Gasteiger partial charge in [0.25, 0.3) is 5.91 Å². The molecule has 0 fully saturated rings. The van der Waals surface area contributed by atoms with Crippen LogP contribution in [-0.2, 0) is 18.0 Å². The Hall–Kier alpha value is -4.73. The maximum absolute atomic E-state index is 13.0. The number of aryl methyl sites for hydroxylation is 1. The minimum absolute atomic E-state index is 0.0726. The molecule has 0 heterocycles. The quantitative estimate of drug-likeness (QED) is 0.147. The Labute approximate surface area is 245 Å². The maximum atomic E-state index is 13.0. The predicted octanol–water partition coefficient (Wildman–Crippen LogP) is 8.06. The molecule has 0 aromatic heterocycles. The first-order valence-electron chi connectivity index (χ1n) is 13.2. The number of nitrogens with one attached hydrogen (secondary N) is 1. The van der Waals surface area contributed by atoms with Crippen LogP contribution in [0.5, 0.6) is 17.2 Å². The smallest absolute Gasteiger partial charge is 0.266 e.